The van der Waals surface area contributed by atoms with Crippen LogP contribution in [0.5, 0.6) is 0 Å². The molecule has 4 unspecified atom stereocenters. The summed E-state index contributed by atoms with van der Waals surface area (Å²) >= 11 is 14.1. The van der Waals surface area contributed by atoms with Gasteiger partial charge in [0.05, 0.1) is 4.70 Å². The molecule has 0 spiro atoms. The van der Waals surface area contributed by atoms with Gasteiger partial charge in [0.1, 0.15) is 0 Å². The number of aryl methyl sites for hydroxylation is 2. The van der Waals surface area contributed by atoms with E-state index in [9.17, 15) is 0 Å². The summed E-state index contributed by atoms with van der Waals surface area (Å²) in [7, 11) is 0. The average molecular weight is 757 g/mol. The van der Waals surface area contributed by atoms with Crippen molar-refractivity contribution in [1.82, 2.24) is 0 Å². The van der Waals surface area contributed by atoms with Crippen LogP contribution in [0, 0.1) is 11.8 Å². The zero-order valence-corrected chi connectivity index (χ0v) is 31.7. The van der Waals surface area contributed by atoms with Crippen molar-refractivity contribution in [2.75, 3.05) is 0 Å². The molecule has 0 fully saturated rings. The van der Waals surface area contributed by atoms with E-state index in [-0.39, 0.29) is 0 Å². The molecule has 3 aliphatic carbocycles. The maximum Gasteiger partial charge on any atom is 0.0538 e. The number of fused-ring (bicyclic) bond motifs is 11. The Morgan fingerprint density at radius 3 is 2.33 bits per heavy atom. The Hall–Kier alpha value is -0.720. The predicted octanol–water partition coefficient (Wildman–Crippen LogP) is 14.6. The second-order valence-corrected chi connectivity index (χ2v) is 18.2. The molecule has 0 saturated carbocycles. The third-order valence-electron chi connectivity index (χ3n) is 10.7. The van der Waals surface area contributed by atoms with Gasteiger partial charge in [-0.05, 0) is 108 Å². The summed E-state index contributed by atoms with van der Waals surface area (Å²) in [5, 5.41) is 1.52. The van der Waals surface area contributed by atoms with E-state index < -0.39 is 0 Å². The summed E-state index contributed by atoms with van der Waals surface area (Å²) in [5.41, 5.74) is 8.74. The van der Waals surface area contributed by atoms with Crippen LogP contribution < -0.4 is 0 Å². The van der Waals surface area contributed by atoms with Crippen LogP contribution in [-0.4, -0.2) is 0 Å². The van der Waals surface area contributed by atoms with Crippen LogP contribution in [0.15, 0.2) is 32.7 Å². The van der Waals surface area contributed by atoms with Crippen LogP contribution in [0.4, 0.5) is 0 Å². The summed E-state index contributed by atoms with van der Waals surface area (Å²) in [6.07, 6.45) is 17.7. The molecule has 0 N–H and O–H groups in total. The Balaban J connectivity index is 1.54. The summed E-state index contributed by atoms with van der Waals surface area (Å²) in [6.45, 7) is 9.73. The first kappa shape index (κ1) is 30.9. The number of halogens is 2. The number of unbranched alkanes of at least 4 members (excludes halogenated alkanes) is 2. The van der Waals surface area contributed by atoms with E-state index in [0.29, 0.717) is 23.7 Å². The molecule has 5 heteroatoms. The van der Waals surface area contributed by atoms with Gasteiger partial charge in [0, 0.05) is 45.9 Å². The number of rotatable bonds is 10. The van der Waals surface area contributed by atoms with Gasteiger partial charge in [0.15, 0.2) is 0 Å². The molecule has 4 atom stereocenters. The largest absolute Gasteiger partial charge is 0.139 e. The minimum Gasteiger partial charge on any atom is -0.139 e. The lowest BCUT2D eigenvalue weighted by atomic mass is 9.62. The van der Waals surface area contributed by atoms with Crippen LogP contribution >= 0.6 is 65.9 Å². The van der Waals surface area contributed by atoms with Crippen LogP contribution in [-0.2, 0) is 12.8 Å². The molecule has 0 saturated heterocycles. The third-order valence-corrected chi connectivity index (χ3v) is 15.8. The fourth-order valence-electron chi connectivity index (χ4n) is 8.54. The summed E-state index contributed by atoms with van der Waals surface area (Å²) in [6, 6.07) is 7.05. The zero-order valence-electron chi connectivity index (χ0n) is 26.1. The second kappa shape index (κ2) is 12.8. The van der Waals surface area contributed by atoms with Crippen molar-refractivity contribution >= 4 is 97.0 Å². The molecule has 3 aromatic heterocycles. The van der Waals surface area contributed by atoms with E-state index in [2.05, 4.69) is 118 Å². The van der Waals surface area contributed by atoms with Gasteiger partial charge in [-0.3, -0.25) is 0 Å². The molecule has 7 rings (SSSR count). The Morgan fingerprint density at radius 1 is 0.814 bits per heavy atom. The minimum absolute atomic E-state index is 0.553. The SMILES string of the molecule is CCCCC(CC)C1=C(C(CC)CCCC)C2c3sc4cc(Br)ccc4c3CCC2c2sc3c4c(sc3c21)C=C(Br)CC4. The lowest BCUT2D eigenvalue weighted by Crippen LogP contribution is -2.29. The predicted molar refractivity (Wildman–Crippen MR) is 202 cm³/mol. The van der Waals surface area contributed by atoms with Crippen LogP contribution in [0.1, 0.15) is 135 Å². The maximum atomic E-state index is 3.86. The van der Waals surface area contributed by atoms with E-state index in [4.69, 9.17) is 0 Å². The first-order valence-corrected chi connectivity index (χ1v) is 20.9. The van der Waals surface area contributed by atoms with Crippen molar-refractivity contribution in [3.05, 3.63) is 64.0 Å². The van der Waals surface area contributed by atoms with Crippen LogP contribution in [0.2, 0.25) is 0 Å². The number of hydrogen-bond donors (Lipinski definition) is 0. The van der Waals surface area contributed by atoms with Gasteiger partial charge in [-0.1, -0.05) is 96.9 Å². The smallest absolute Gasteiger partial charge is 0.0538 e. The van der Waals surface area contributed by atoms with Crippen molar-refractivity contribution in [1.29, 1.82) is 0 Å². The Kier molecular flexibility index (Phi) is 9.21. The van der Waals surface area contributed by atoms with Crippen molar-refractivity contribution in [3.8, 4) is 0 Å². The molecule has 3 heterocycles. The van der Waals surface area contributed by atoms with Gasteiger partial charge >= 0.3 is 0 Å². The molecule has 1 aromatic carbocycles. The van der Waals surface area contributed by atoms with E-state index >= 15 is 0 Å². The van der Waals surface area contributed by atoms with Crippen molar-refractivity contribution < 1.29 is 0 Å². The Morgan fingerprint density at radius 2 is 1.58 bits per heavy atom. The first-order chi connectivity index (χ1) is 21.0. The Bertz CT molecular complexity index is 1730. The third kappa shape index (κ3) is 5.24. The number of benzene rings is 1. The summed E-state index contributed by atoms with van der Waals surface area (Å²) < 4.78 is 7.33. The van der Waals surface area contributed by atoms with Gasteiger partial charge in [0.2, 0.25) is 0 Å². The maximum absolute atomic E-state index is 3.86. The molecule has 3 aliphatic rings. The van der Waals surface area contributed by atoms with Crippen LogP contribution in [0.25, 0.3) is 31.1 Å². The topological polar surface area (TPSA) is 0 Å². The van der Waals surface area contributed by atoms with Gasteiger partial charge in [0.25, 0.3) is 0 Å². The quantitative estimate of drug-likeness (QED) is 0.151. The molecule has 0 bridgehead atoms. The fraction of sp³-hybridized carbons (Fsp3) is 0.526. The Labute approximate surface area is 287 Å². The minimum atomic E-state index is 0.553. The zero-order chi connectivity index (χ0) is 29.8. The number of thiophene rings is 3. The van der Waals surface area contributed by atoms with Gasteiger partial charge in [-0.15, -0.1) is 34.0 Å². The fourth-order valence-corrected chi connectivity index (χ4v) is 14.2. The monoisotopic (exact) mass is 754 g/mol. The average Bonchev–Trinajstić information content (AvgIpc) is 3.67. The highest BCUT2D eigenvalue weighted by molar-refractivity contribution is 9.11. The number of allylic oxidation sites excluding steroid dienone is 3. The highest BCUT2D eigenvalue weighted by atomic mass is 79.9. The summed E-state index contributed by atoms with van der Waals surface area (Å²) in [4.78, 5) is 4.99. The molecule has 0 amide bonds. The van der Waals surface area contributed by atoms with Crippen molar-refractivity contribution in [2.45, 2.75) is 117 Å². The van der Waals surface area contributed by atoms with E-state index in [1.54, 1.807) is 35.8 Å². The van der Waals surface area contributed by atoms with E-state index in [1.807, 2.05) is 11.1 Å². The lowest BCUT2D eigenvalue weighted by Gasteiger charge is -2.43. The molecular formula is C38H44Br2S3. The van der Waals surface area contributed by atoms with E-state index in [1.165, 1.54) is 94.5 Å². The van der Waals surface area contributed by atoms with Gasteiger partial charge in [-0.25, -0.2) is 0 Å². The molecule has 0 radical (unpaired) electrons. The second-order valence-electron chi connectivity index (χ2n) is 13.1. The standard InChI is InChI=1S/C38H44Br2S3/c1-5-9-11-21(7-3)31-32(22(8-4)12-10-6-2)34-36(43-37-27-16-14-24(40)20-30(27)42-38(34)37)28-18-17-26-25-15-13-23(39)19-29(25)41-35(26)33(28)31/h13,15,19-22,28,33H,5-12,14,16-18H2,1-4H3. The normalized spacial score (nSPS) is 21.0. The van der Waals surface area contributed by atoms with Crippen molar-refractivity contribution in [2.24, 2.45) is 11.8 Å². The highest BCUT2D eigenvalue weighted by Crippen LogP contribution is 2.64. The molecule has 228 valence electrons. The van der Waals surface area contributed by atoms with Crippen molar-refractivity contribution in [3.63, 3.8) is 0 Å². The molecule has 4 aromatic rings. The van der Waals surface area contributed by atoms with Gasteiger partial charge in [-0.2, -0.15) is 0 Å². The molecule has 43 heavy (non-hydrogen) atoms. The molecule has 0 aliphatic heterocycles. The molecular weight excluding hydrogens is 712 g/mol. The lowest BCUT2D eigenvalue weighted by molar-refractivity contribution is 0.427. The molecule has 0 nitrogen and oxygen atoms in total. The summed E-state index contributed by atoms with van der Waals surface area (Å²) in [5.74, 6) is 2.51. The van der Waals surface area contributed by atoms with Crippen LogP contribution in [0.3, 0.4) is 0 Å². The number of hydrogen-bond acceptors (Lipinski definition) is 3. The highest BCUT2D eigenvalue weighted by Gasteiger charge is 2.46. The first-order valence-electron chi connectivity index (χ1n) is 16.9. The van der Waals surface area contributed by atoms with Gasteiger partial charge < -0.3 is 0 Å². The van der Waals surface area contributed by atoms with E-state index in [0.717, 1.165) is 6.42 Å².